The van der Waals surface area contributed by atoms with Crippen molar-refractivity contribution in [3.8, 4) is 0 Å². The summed E-state index contributed by atoms with van der Waals surface area (Å²) in [4.78, 5) is 34.7. The van der Waals surface area contributed by atoms with E-state index in [1.54, 1.807) is 9.80 Å². The first-order valence-electron chi connectivity index (χ1n) is 9.93. The molecule has 2 aromatic carbocycles. The van der Waals surface area contributed by atoms with Gasteiger partial charge in [0.1, 0.15) is 6.54 Å². The number of fused-ring (bicyclic) bond motifs is 2. The number of aliphatic imine (C=N–C) groups is 1. The number of amides is 2. The van der Waals surface area contributed by atoms with Crippen LogP contribution in [0.1, 0.15) is 31.7 Å². The zero-order valence-electron chi connectivity index (χ0n) is 16.4. The van der Waals surface area contributed by atoms with Gasteiger partial charge in [0, 0.05) is 17.9 Å². The number of carbonyl (C=O) groups excluding carboxylic acids is 2. The van der Waals surface area contributed by atoms with E-state index in [4.69, 9.17) is 4.99 Å². The highest BCUT2D eigenvalue weighted by molar-refractivity contribution is 6.17. The van der Waals surface area contributed by atoms with Crippen LogP contribution in [0.2, 0.25) is 0 Å². The molecule has 1 aliphatic carbocycles. The third-order valence-electron chi connectivity index (χ3n) is 5.55. The number of aryl methyl sites for hydroxylation is 1. The third kappa shape index (κ3) is 3.33. The number of likely N-dealkylation sites (N-methyl/N-ethyl adjacent to an activating group) is 1. The van der Waals surface area contributed by atoms with Crippen LogP contribution in [0.3, 0.4) is 0 Å². The third-order valence-corrected chi connectivity index (χ3v) is 5.55. The Balaban J connectivity index is 1.66. The zero-order valence-corrected chi connectivity index (χ0v) is 16.4. The lowest BCUT2D eigenvalue weighted by molar-refractivity contribution is -0.123. The molecular formula is C23H25N3O2. The molecule has 0 radical (unpaired) electrons. The van der Waals surface area contributed by atoms with Crippen LogP contribution < -0.4 is 9.80 Å². The highest BCUT2D eigenvalue weighted by atomic mass is 16.2. The summed E-state index contributed by atoms with van der Waals surface area (Å²) in [6, 6.07) is 15.5. The van der Waals surface area contributed by atoms with Crippen LogP contribution in [0, 0.1) is 12.8 Å². The van der Waals surface area contributed by atoms with Crippen LogP contribution in [-0.4, -0.2) is 30.6 Å². The maximum absolute atomic E-state index is 13.3. The first-order chi connectivity index (χ1) is 13.6. The second-order valence-electron chi connectivity index (χ2n) is 7.44. The molecule has 0 spiro atoms. The first kappa shape index (κ1) is 18.4. The molecule has 1 saturated carbocycles. The smallest absolute Gasteiger partial charge is 0.247 e. The zero-order chi connectivity index (χ0) is 19.7. The van der Waals surface area contributed by atoms with Gasteiger partial charge in [-0.1, -0.05) is 24.3 Å². The minimum atomic E-state index is -0.200. The Labute approximate surface area is 165 Å². The molecule has 2 aliphatic rings. The maximum atomic E-state index is 13.3. The fraction of sp³-hybridized carbons (Fsp3) is 0.348. The van der Waals surface area contributed by atoms with Crippen molar-refractivity contribution in [3.05, 3.63) is 54.1 Å². The molecule has 5 nitrogen and oxygen atoms in total. The number of anilines is 2. The predicted octanol–water partition coefficient (Wildman–Crippen LogP) is 4.27. The normalized spacial score (nSPS) is 18.2. The molecule has 4 rings (SSSR count). The van der Waals surface area contributed by atoms with E-state index in [2.05, 4.69) is 0 Å². The SMILES string of the molecule is CCN(C(=O)CN1C(=O)C2CCCC2=Nc2ccccc21)c1cccc(C)c1. The van der Waals surface area contributed by atoms with Gasteiger partial charge in [-0.2, -0.15) is 0 Å². The molecule has 2 amide bonds. The van der Waals surface area contributed by atoms with E-state index in [-0.39, 0.29) is 24.3 Å². The minimum absolute atomic E-state index is 0.00477. The summed E-state index contributed by atoms with van der Waals surface area (Å²) in [5.74, 6) is -0.290. The van der Waals surface area contributed by atoms with Gasteiger partial charge >= 0.3 is 0 Å². The molecule has 1 unspecified atom stereocenters. The molecule has 0 aromatic heterocycles. The molecule has 0 saturated heterocycles. The number of hydrogen-bond donors (Lipinski definition) is 0. The topological polar surface area (TPSA) is 53.0 Å². The van der Waals surface area contributed by atoms with E-state index < -0.39 is 0 Å². The molecule has 1 fully saturated rings. The molecule has 1 heterocycles. The van der Waals surface area contributed by atoms with Gasteiger partial charge in [0.05, 0.1) is 17.3 Å². The van der Waals surface area contributed by atoms with Gasteiger partial charge in [0.15, 0.2) is 0 Å². The molecule has 0 N–H and O–H groups in total. The van der Waals surface area contributed by atoms with E-state index in [9.17, 15) is 9.59 Å². The molecule has 1 aliphatic heterocycles. The number of rotatable bonds is 4. The van der Waals surface area contributed by atoms with Crippen molar-refractivity contribution < 1.29 is 9.59 Å². The fourth-order valence-electron chi connectivity index (χ4n) is 4.16. The molecule has 1 atom stereocenters. The maximum Gasteiger partial charge on any atom is 0.247 e. The molecule has 0 bridgehead atoms. The molecular weight excluding hydrogens is 350 g/mol. The van der Waals surface area contributed by atoms with Crippen molar-refractivity contribution in [2.75, 3.05) is 22.9 Å². The Bertz CT molecular complexity index is 950. The summed E-state index contributed by atoms with van der Waals surface area (Å²) in [5.41, 5.74) is 4.42. The summed E-state index contributed by atoms with van der Waals surface area (Å²) in [6.07, 6.45) is 2.65. The Kier molecular flexibility index (Phi) is 4.99. The number of hydrogen-bond acceptors (Lipinski definition) is 3. The Hall–Kier alpha value is -2.95. The first-order valence-corrected chi connectivity index (χ1v) is 9.93. The standard InChI is InChI=1S/C23H25N3O2/c1-3-25(17-9-6-8-16(2)14-17)22(27)15-26-21-13-5-4-11-20(21)24-19-12-7-10-18(19)23(26)28/h4-6,8-9,11,13-14,18H,3,7,10,12,15H2,1-2H3. The number of nitrogens with zero attached hydrogens (tertiary/aromatic N) is 3. The van der Waals surface area contributed by atoms with Crippen molar-refractivity contribution in [1.82, 2.24) is 0 Å². The molecule has 5 heteroatoms. The average molecular weight is 375 g/mol. The molecule has 144 valence electrons. The van der Waals surface area contributed by atoms with Gasteiger partial charge < -0.3 is 9.80 Å². The van der Waals surface area contributed by atoms with Crippen LogP contribution in [-0.2, 0) is 9.59 Å². The second-order valence-corrected chi connectivity index (χ2v) is 7.44. The molecule has 28 heavy (non-hydrogen) atoms. The summed E-state index contributed by atoms with van der Waals surface area (Å²) >= 11 is 0. The van der Waals surface area contributed by atoms with Crippen molar-refractivity contribution in [3.63, 3.8) is 0 Å². The van der Waals surface area contributed by atoms with E-state index in [0.717, 1.165) is 47.6 Å². The number of benzene rings is 2. The van der Waals surface area contributed by atoms with E-state index in [0.29, 0.717) is 6.54 Å². The van der Waals surface area contributed by atoms with Crippen LogP contribution in [0.15, 0.2) is 53.5 Å². The number of para-hydroxylation sites is 2. The van der Waals surface area contributed by atoms with Gasteiger partial charge in [-0.25, -0.2) is 0 Å². The van der Waals surface area contributed by atoms with E-state index >= 15 is 0 Å². The lowest BCUT2D eigenvalue weighted by Crippen LogP contribution is -2.45. The molecule has 2 aromatic rings. The quantitative estimate of drug-likeness (QED) is 0.801. The number of carbonyl (C=O) groups is 2. The van der Waals surface area contributed by atoms with Crippen LogP contribution >= 0.6 is 0 Å². The largest absolute Gasteiger partial charge is 0.311 e. The van der Waals surface area contributed by atoms with E-state index in [1.165, 1.54) is 0 Å². The highest BCUT2D eigenvalue weighted by Crippen LogP contribution is 2.37. The van der Waals surface area contributed by atoms with Gasteiger partial charge in [0.2, 0.25) is 11.8 Å². The van der Waals surface area contributed by atoms with Crippen molar-refractivity contribution in [2.24, 2.45) is 10.9 Å². The summed E-state index contributed by atoms with van der Waals surface area (Å²) in [6.45, 7) is 4.54. The van der Waals surface area contributed by atoms with Gasteiger partial charge in [-0.05, 0) is 62.9 Å². The lowest BCUT2D eigenvalue weighted by atomic mass is 10.0. The predicted molar refractivity (Wildman–Crippen MR) is 112 cm³/mol. The van der Waals surface area contributed by atoms with Crippen molar-refractivity contribution >= 4 is 34.6 Å². The lowest BCUT2D eigenvalue weighted by Gasteiger charge is -2.28. The van der Waals surface area contributed by atoms with Crippen LogP contribution in [0.25, 0.3) is 0 Å². The van der Waals surface area contributed by atoms with Crippen molar-refractivity contribution in [2.45, 2.75) is 33.1 Å². The minimum Gasteiger partial charge on any atom is -0.311 e. The van der Waals surface area contributed by atoms with Crippen LogP contribution in [0.5, 0.6) is 0 Å². The Morgan fingerprint density at radius 1 is 1.21 bits per heavy atom. The Morgan fingerprint density at radius 3 is 2.82 bits per heavy atom. The van der Waals surface area contributed by atoms with Gasteiger partial charge in [-0.15, -0.1) is 0 Å². The average Bonchev–Trinajstić information content (AvgIpc) is 3.11. The van der Waals surface area contributed by atoms with Crippen LogP contribution in [0.4, 0.5) is 17.1 Å². The summed E-state index contributed by atoms with van der Waals surface area (Å²) in [5, 5.41) is 0. The van der Waals surface area contributed by atoms with Crippen molar-refractivity contribution in [1.29, 1.82) is 0 Å². The Morgan fingerprint density at radius 2 is 2.04 bits per heavy atom. The van der Waals surface area contributed by atoms with Gasteiger partial charge in [-0.3, -0.25) is 14.6 Å². The van der Waals surface area contributed by atoms with Gasteiger partial charge in [0.25, 0.3) is 0 Å². The summed E-state index contributed by atoms with van der Waals surface area (Å²) < 4.78 is 0. The fourth-order valence-corrected chi connectivity index (χ4v) is 4.16. The summed E-state index contributed by atoms with van der Waals surface area (Å²) in [7, 11) is 0. The van der Waals surface area contributed by atoms with E-state index in [1.807, 2.05) is 62.4 Å². The second kappa shape index (κ2) is 7.58. The highest BCUT2D eigenvalue weighted by Gasteiger charge is 2.37. The monoisotopic (exact) mass is 375 g/mol.